The molecule has 0 bridgehead atoms. The molecule has 83 valence electrons. The van der Waals surface area contributed by atoms with Crippen molar-refractivity contribution < 1.29 is 4.74 Å². The van der Waals surface area contributed by atoms with E-state index in [-0.39, 0.29) is 8.80 Å². The Hall–Kier alpha value is -0.283. The molecule has 1 rings (SSSR count). The first-order chi connectivity index (χ1) is 6.92. The van der Waals surface area contributed by atoms with Gasteiger partial charge in [0, 0.05) is 4.47 Å². The van der Waals surface area contributed by atoms with Crippen LogP contribution in [0.25, 0.3) is 0 Å². The highest BCUT2D eigenvalue weighted by Crippen LogP contribution is 2.29. The summed E-state index contributed by atoms with van der Waals surface area (Å²) in [6.07, 6.45) is 0. The zero-order chi connectivity index (χ0) is 11.5. The number of hydrogen-bond donors (Lipinski definition) is 0. The van der Waals surface area contributed by atoms with Gasteiger partial charge in [0.05, 0.1) is 15.4 Å². The molecule has 0 atom stereocenters. The van der Waals surface area contributed by atoms with Crippen molar-refractivity contribution in [1.82, 2.24) is 0 Å². The van der Waals surface area contributed by atoms with Gasteiger partial charge in [-0.2, -0.15) is 0 Å². The maximum atomic E-state index is 5.81. The first-order valence-electron chi connectivity index (χ1n) is 5.11. The van der Waals surface area contributed by atoms with Crippen molar-refractivity contribution in [2.75, 3.05) is 6.61 Å². The van der Waals surface area contributed by atoms with Crippen LogP contribution in [0.5, 0.6) is 5.75 Å². The first kappa shape index (κ1) is 12.8. The minimum Gasteiger partial charge on any atom is -0.493 e. The molecule has 0 saturated heterocycles. The molecule has 0 aliphatic rings. The summed E-state index contributed by atoms with van der Waals surface area (Å²) in [5.41, 5.74) is 0. The predicted octanol–water partition coefficient (Wildman–Crippen LogP) is 4.36. The Bertz CT molecular complexity index is 323. The summed E-state index contributed by atoms with van der Waals surface area (Å²) in [5.74, 6) is 0.945. The summed E-state index contributed by atoms with van der Waals surface area (Å²) in [7, 11) is -0.327. The van der Waals surface area contributed by atoms with Crippen LogP contribution in [0, 0.1) is 0 Å². The van der Waals surface area contributed by atoms with E-state index in [1.807, 2.05) is 24.3 Å². The van der Waals surface area contributed by atoms with Gasteiger partial charge in [0.15, 0.2) is 0 Å². The second-order valence-electron chi connectivity index (χ2n) is 4.63. The number of halogens is 1. The van der Waals surface area contributed by atoms with Crippen LogP contribution in [0.4, 0.5) is 0 Å². The Morgan fingerprint density at radius 3 is 2.53 bits per heavy atom. The second-order valence-corrected chi connectivity index (χ2v) is 8.90. The van der Waals surface area contributed by atoms with Crippen LogP contribution in [0.1, 0.15) is 13.8 Å². The minimum atomic E-state index is -0.327. The Kier molecular flexibility index (Phi) is 4.41. The highest BCUT2D eigenvalue weighted by molar-refractivity contribution is 9.10. The van der Waals surface area contributed by atoms with Gasteiger partial charge < -0.3 is 4.74 Å². The summed E-state index contributed by atoms with van der Waals surface area (Å²) >= 11 is 3.44. The molecule has 0 fully saturated rings. The maximum Gasteiger partial charge on any atom is 0.120 e. The SMILES string of the molecule is C[Si](C)C(C)(C)COc1cccc(Br)c1. The number of benzene rings is 1. The van der Waals surface area contributed by atoms with Crippen LogP contribution >= 0.6 is 15.9 Å². The summed E-state index contributed by atoms with van der Waals surface area (Å²) in [5, 5.41) is 0.312. The van der Waals surface area contributed by atoms with Crippen LogP contribution in [-0.2, 0) is 0 Å². The van der Waals surface area contributed by atoms with Crippen molar-refractivity contribution in [2.24, 2.45) is 0 Å². The molecule has 0 aliphatic carbocycles. The molecule has 0 aliphatic heterocycles. The molecular formula is C12H18BrOSi. The van der Waals surface area contributed by atoms with E-state index in [1.165, 1.54) is 0 Å². The van der Waals surface area contributed by atoms with Gasteiger partial charge in [0.1, 0.15) is 5.75 Å². The normalized spacial score (nSPS) is 11.9. The monoisotopic (exact) mass is 285 g/mol. The molecular weight excluding hydrogens is 268 g/mol. The van der Waals surface area contributed by atoms with Gasteiger partial charge in [-0.1, -0.05) is 48.9 Å². The molecule has 0 heterocycles. The summed E-state index contributed by atoms with van der Waals surface area (Å²) in [6.45, 7) is 10.0. The van der Waals surface area contributed by atoms with Gasteiger partial charge in [-0.15, -0.1) is 0 Å². The quantitative estimate of drug-likeness (QED) is 0.747. The van der Waals surface area contributed by atoms with Crippen molar-refractivity contribution >= 4 is 24.7 Å². The van der Waals surface area contributed by atoms with E-state index in [0.717, 1.165) is 16.8 Å². The number of hydrogen-bond acceptors (Lipinski definition) is 1. The van der Waals surface area contributed by atoms with Gasteiger partial charge in [0.25, 0.3) is 0 Å². The molecule has 0 aromatic heterocycles. The lowest BCUT2D eigenvalue weighted by atomic mass is 10.2. The summed E-state index contributed by atoms with van der Waals surface area (Å²) in [6, 6.07) is 8.01. The minimum absolute atomic E-state index is 0.312. The summed E-state index contributed by atoms with van der Waals surface area (Å²) in [4.78, 5) is 0. The Balaban J connectivity index is 2.57. The van der Waals surface area contributed by atoms with Gasteiger partial charge in [-0.25, -0.2) is 0 Å². The summed E-state index contributed by atoms with van der Waals surface area (Å²) < 4.78 is 6.87. The Morgan fingerprint density at radius 2 is 2.00 bits per heavy atom. The largest absolute Gasteiger partial charge is 0.493 e. The molecule has 3 heteroatoms. The van der Waals surface area contributed by atoms with Crippen LogP contribution in [0.2, 0.25) is 18.1 Å². The Labute approximate surface area is 103 Å². The van der Waals surface area contributed by atoms with Gasteiger partial charge in [-0.05, 0) is 23.2 Å². The van der Waals surface area contributed by atoms with E-state index in [9.17, 15) is 0 Å². The van der Waals surface area contributed by atoms with E-state index < -0.39 is 0 Å². The molecule has 0 saturated carbocycles. The number of rotatable bonds is 4. The fourth-order valence-corrected chi connectivity index (χ4v) is 1.70. The molecule has 0 unspecified atom stereocenters. The lowest BCUT2D eigenvalue weighted by molar-refractivity contribution is 0.276. The lowest BCUT2D eigenvalue weighted by Gasteiger charge is -2.27. The fourth-order valence-electron chi connectivity index (χ4n) is 0.965. The lowest BCUT2D eigenvalue weighted by Crippen LogP contribution is -2.27. The standard InChI is InChI=1S/C12H18BrOSi/c1-12(2,15(3)4)9-14-11-7-5-6-10(13)8-11/h5-8H,9H2,1-4H3. The predicted molar refractivity (Wildman–Crippen MR) is 71.2 cm³/mol. The molecule has 0 spiro atoms. The van der Waals surface area contributed by atoms with Gasteiger partial charge in [-0.3, -0.25) is 0 Å². The molecule has 1 aromatic carbocycles. The second kappa shape index (κ2) is 5.17. The van der Waals surface area contributed by atoms with Crippen molar-refractivity contribution in [3.8, 4) is 5.75 Å². The van der Waals surface area contributed by atoms with Gasteiger partial charge >= 0.3 is 0 Å². The van der Waals surface area contributed by atoms with Crippen LogP contribution in [-0.4, -0.2) is 15.4 Å². The fraction of sp³-hybridized carbons (Fsp3) is 0.500. The molecule has 1 nitrogen and oxygen atoms in total. The molecule has 15 heavy (non-hydrogen) atoms. The van der Waals surface area contributed by atoms with Crippen molar-refractivity contribution in [1.29, 1.82) is 0 Å². The van der Waals surface area contributed by atoms with Crippen molar-refractivity contribution in [2.45, 2.75) is 32.0 Å². The zero-order valence-electron chi connectivity index (χ0n) is 9.80. The van der Waals surface area contributed by atoms with Crippen molar-refractivity contribution in [3.05, 3.63) is 28.7 Å². The average Bonchev–Trinajstić information content (AvgIpc) is 2.15. The van der Waals surface area contributed by atoms with E-state index >= 15 is 0 Å². The zero-order valence-corrected chi connectivity index (χ0v) is 12.4. The Morgan fingerprint density at radius 1 is 1.33 bits per heavy atom. The van der Waals surface area contributed by atoms with Gasteiger partial charge in [0.2, 0.25) is 0 Å². The van der Waals surface area contributed by atoms with Crippen LogP contribution in [0.15, 0.2) is 28.7 Å². The van der Waals surface area contributed by atoms with Crippen LogP contribution in [0.3, 0.4) is 0 Å². The molecule has 1 aromatic rings. The molecule has 0 N–H and O–H groups in total. The third-order valence-corrected chi connectivity index (χ3v) is 6.09. The van der Waals surface area contributed by atoms with Crippen molar-refractivity contribution in [3.63, 3.8) is 0 Å². The van der Waals surface area contributed by atoms with E-state index in [0.29, 0.717) is 5.04 Å². The van der Waals surface area contributed by atoms with E-state index in [1.54, 1.807) is 0 Å². The van der Waals surface area contributed by atoms with Crippen LogP contribution < -0.4 is 4.74 Å². The highest BCUT2D eigenvalue weighted by Gasteiger charge is 2.24. The first-order valence-corrected chi connectivity index (χ1v) is 8.40. The third-order valence-electron chi connectivity index (χ3n) is 2.75. The smallest absolute Gasteiger partial charge is 0.120 e. The molecule has 1 radical (unpaired) electrons. The maximum absolute atomic E-state index is 5.81. The molecule has 0 amide bonds. The highest BCUT2D eigenvalue weighted by atomic mass is 79.9. The number of ether oxygens (including phenoxy) is 1. The third kappa shape index (κ3) is 3.99. The topological polar surface area (TPSA) is 9.23 Å². The van der Waals surface area contributed by atoms with E-state index in [4.69, 9.17) is 4.74 Å². The average molecular weight is 286 g/mol. The van der Waals surface area contributed by atoms with E-state index in [2.05, 4.69) is 42.9 Å².